The average Bonchev–Trinajstić information content (AvgIpc) is 2.24. The second-order valence-electron chi connectivity index (χ2n) is 3.62. The summed E-state index contributed by atoms with van der Waals surface area (Å²) in [6, 6.07) is 10.6. The maximum atomic E-state index is 2.22. The summed E-state index contributed by atoms with van der Waals surface area (Å²) in [7, 11) is 0. The largest absolute Gasteiger partial charge is 0.0776 e. The van der Waals surface area contributed by atoms with Gasteiger partial charge in [0.15, 0.2) is 0 Å². The number of rotatable bonds is 0. The molecule has 1 rings (SSSR count). The molecule has 0 bridgehead atoms. The Bertz CT molecular complexity index is 200. The van der Waals surface area contributed by atoms with Crippen molar-refractivity contribution in [3.05, 3.63) is 35.9 Å². The quantitative estimate of drug-likeness (QED) is 0.414. The minimum atomic E-state index is 0. The number of hydrogen-bond acceptors (Lipinski definition) is 0. The molecular weight excluding hydrogens is 410 g/mol. The van der Waals surface area contributed by atoms with Crippen LogP contribution in [0.25, 0.3) is 0 Å². The highest BCUT2D eigenvalue weighted by Gasteiger charge is 2.11. The summed E-state index contributed by atoms with van der Waals surface area (Å²) >= 11 is 4.24. The summed E-state index contributed by atoms with van der Waals surface area (Å²) in [5.74, 6) is 0. The molecule has 0 aromatic heterocycles. The van der Waals surface area contributed by atoms with Crippen LogP contribution < -0.4 is 0 Å². The van der Waals surface area contributed by atoms with E-state index in [4.69, 9.17) is 0 Å². The minimum Gasteiger partial charge on any atom is -0.0776 e. The van der Waals surface area contributed by atoms with E-state index in [2.05, 4.69) is 88.3 Å². The van der Waals surface area contributed by atoms with Gasteiger partial charge in [0.2, 0.25) is 0 Å². The van der Waals surface area contributed by atoms with E-state index in [0.717, 1.165) is 0 Å². The van der Waals surface area contributed by atoms with E-state index < -0.39 is 0 Å². The highest BCUT2D eigenvalue weighted by molar-refractivity contribution is 15.0. The molecule has 0 aliphatic heterocycles. The molecule has 0 nitrogen and oxygen atoms in total. The maximum absolute atomic E-state index is 2.22. The lowest BCUT2D eigenvalue weighted by molar-refractivity contribution is 0.590. The first kappa shape index (κ1) is 21.0. The fraction of sp³-hybridized carbons (Fsp3) is 0.538. The van der Waals surface area contributed by atoms with E-state index in [1.165, 1.54) is 5.56 Å². The summed E-state index contributed by atoms with van der Waals surface area (Å²) in [4.78, 5) is 0. The molecule has 0 radical (unpaired) electrons. The van der Waals surface area contributed by atoms with Crippen LogP contribution in [0.5, 0.6) is 0 Å². The van der Waals surface area contributed by atoms with Gasteiger partial charge in [-0.3, -0.25) is 0 Å². The van der Waals surface area contributed by atoms with Crippen LogP contribution in [0.2, 0.25) is 0 Å². The zero-order valence-electron chi connectivity index (χ0n) is 9.64. The van der Waals surface area contributed by atoms with Crippen LogP contribution in [0, 0.1) is 0 Å². The van der Waals surface area contributed by atoms with Crippen molar-refractivity contribution in [2.45, 2.75) is 47.5 Å². The second kappa shape index (κ2) is 12.7. The van der Waals surface area contributed by atoms with E-state index in [0.29, 0.717) is 5.41 Å². The lowest BCUT2D eigenvalue weighted by Gasteiger charge is -2.18. The lowest BCUT2D eigenvalue weighted by atomic mass is 9.87. The zero-order chi connectivity index (χ0) is 11.6. The molecular formula is C13H24I2. The minimum absolute atomic E-state index is 0. The Morgan fingerprint density at radius 2 is 1.20 bits per heavy atom. The van der Waals surface area contributed by atoms with Crippen molar-refractivity contribution in [1.29, 1.82) is 0 Å². The van der Waals surface area contributed by atoms with Gasteiger partial charge in [-0.2, -0.15) is 0 Å². The van der Waals surface area contributed by atoms with Crippen LogP contribution >= 0.6 is 37.2 Å². The topological polar surface area (TPSA) is 0 Å². The van der Waals surface area contributed by atoms with Crippen molar-refractivity contribution in [3.8, 4) is 0 Å². The highest BCUT2D eigenvalue weighted by atomic mass is 128. The zero-order valence-corrected chi connectivity index (χ0v) is 14.0. The van der Waals surface area contributed by atoms with E-state index in [1.807, 2.05) is 13.8 Å². The van der Waals surface area contributed by atoms with Gasteiger partial charge in [0.25, 0.3) is 0 Å². The van der Waals surface area contributed by atoms with Crippen molar-refractivity contribution >= 4 is 37.2 Å². The smallest absolute Gasteiger partial charge is 0 e. The SMILES string of the molecule is C.CC.CC(C)(C)c1ccccc1.II. The summed E-state index contributed by atoms with van der Waals surface area (Å²) < 4.78 is 0. The van der Waals surface area contributed by atoms with Gasteiger partial charge < -0.3 is 0 Å². The summed E-state index contributed by atoms with van der Waals surface area (Å²) in [5.41, 5.74) is 1.69. The molecule has 0 amide bonds. The van der Waals surface area contributed by atoms with Gasteiger partial charge in [-0.1, -0.05) is 72.4 Å². The molecule has 0 aliphatic rings. The molecule has 0 unspecified atom stereocenters. The monoisotopic (exact) mass is 434 g/mol. The van der Waals surface area contributed by atoms with E-state index in [-0.39, 0.29) is 7.43 Å². The molecule has 0 saturated carbocycles. The summed E-state index contributed by atoms with van der Waals surface area (Å²) in [5, 5.41) is 0. The van der Waals surface area contributed by atoms with Gasteiger partial charge in [-0.05, 0) is 11.0 Å². The third-order valence-electron chi connectivity index (χ3n) is 1.64. The Morgan fingerprint density at radius 3 is 1.40 bits per heavy atom. The molecule has 0 aliphatic carbocycles. The lowest BCUT2D eigenvalue weighted by Crippen LogP contribution is -2.10. The Hall–Kier alpha value is 0.680. The predicted octanol–water partition coefficient (Wildman–Crippen LogP) is 6.42. The molecule has 0 spiro atoms. The number of benzene rings is 1. The summed E-state index contributed by atoms with van der Waals surface area (Å²) in [6.07, 6.45) is 0. The molecule has 0 saturated heterocycles. The van der Waals surface area contributed by atoms with Crippen LogP contribution in [0.3, 0.4) is 0 Å². The molecule has 0 atom stereocenters. The maximum Gasteiger partial charge on any atom is 0 e. The van der Waals surface area contributed by atoms with Crippen molar-refractivity contribution < 1.29 is 0 Å². The Morgan fingerprint density at radius 1 is 0.867 bits per heavy atom. The molecule has 0 fully saturated rings. The summed E-state index contributed by atoms with van der Waals surface area (Å²) in [6.45, 7) is 10.7. The number of hydrogen-bond donors (Lipinski definition) is 0. The van der Waals surface area contributed by atoms with Crippen molar-refractivity contribution in [1.82, 2.24) is 0 Å². The van der Waals surface area contributed by atoms with Crippen molar-refractivity contribution in [2.75, 3.05) is 0 Å². The van der Waals surface area contributed by atoms with Crippen molar-refractivity contribution in [2.24, 2.45) is 0 Å². The van der Waals surface area contributed by atoms with Gasteiger partial charge >= 0.3 is 0 Å². The Balaban J connectivity index is -0.000000258. The molecule has 0 N–H and O–H groups in total. The van der Waals surface area contributed by atoms with Gasteiger partial charge in [0, 0.05) is 37.2 Å². The van der Waals surface area contributed by atoms with Crippen LogP contribution in [0.1, 0.15) is 47.6 Å². The fourth-order valence-electron chi connectivity index (χ4n) is 0.938. The second-order valence-corrected chi connectivity index (χ2v) is 3.62. The normalized spacial score (nSPS) is 8.47. The van der Waals surface area contributed by atoms with E-state index >= 15 is 0 Å². The molecule has 0 heterocycles. The van der Waals surface area contributed by atoms with Gasteiger partial charge in [-0.25, -0.2) is 0 Å². The van der Waals surface area contributed by atoms with Crippen LogP contribution in [0.4, 0.5) is 0 Å². The number of halogens is 2. The van der Waals surface area contributed by atoms with Gasteiger partial charge in [-0.15, -0.1) is 0 Å². The fourth-order valence-corrected chi connectivity index (χ4v) is 0.938. The highest BCUT2D eigenvalue weighted by Crippen LogP contribution is 2.20. The molecule has 90 valence electrons. The van der Waals surface area contributed by atoms with Gasteiger partial charge in [0.1, 0.15) is 0 Å². The van der Waals surface area contributed by atoms with Gasteiger partial charge in [0.05, 0.1) is 0 Å². The van der Waals surface area contributed by atoms with E-state index in [1.54, 1.807) is 0 Å². The first-order valence-electron chi connectivity index (χ1n) is 4.80. The van der Waals surface area contributed by atoms with Crippen molar-refractivity contribution in [3.63, 3.8) is 0 Å². The first-order chi connectivity index (χ1) is 6.61. The molecule has 2 heteroatoms. The Kier molecular flexibility index (Phi) is 17.9. The van der Waals surface area contributed by atoms with Crippen LogP contribution in [-0.2, 0) is 5.41 Å². The average molecular weight is 434 g/mol. The molecule has 15 heavy (non-hydrogen) atoms. The third kappa shape index (κ3) is 11.0. The predicted molar refractivity (Wildman–Crippen MR) is 91.3 cm³/mol. The van der Waals surface area contributed by atoms with E-state index in [9.17, 15) is 0 Å². The molecule has 1 aromatic carbocycles. The van der Waals surface area contributed by atoms with Crippen LogP contribution in [0.15, 0.2) is 30.3 Å². The Labute approximate surface area is 120 Å². The van der Waals surface area contributed by atoms with Crippen LogP contribution in [-0.4, -0.2) is 0 Å². The first-order valence-corrected chi connectivity index (χ1v) is 11.1. The molecule has 1 aromatic rings. The third-order valence-corrected chi connectivity index (χ3v) is 1.64. The standard InChI is InChI=1S/C10H14.C2H6.CH4.I2/c1-10(2,3)9-7-5-4-6-8-9;1-2;;1-2/h4-8H,1-3H3;1-2H3;1H4;.